The Kier molecular flexibility index (Phi) is 3.25. The first-order valence-corrected chi connectivity index (χ1v) is 6.36. The van der Waals surface area contributed by atoms with Gasteiger partial charge in [0.2, 0.25) is 11.7 Å². The van der Waals surface area contributed by atoms with Crippen molar-refractivity contribution in [3.8, 4) is 11.5 Å². The van der Waals surface area contributed by atoms with Crippen LogP contribution in [0.25, 0.3) is 11.5 Å². The second-order valence-electron chi connectivity index (χ2n) is 4.92. The van der Waals surface area contributed by atoms with Gasteiger partial charge in [-0.1, -0.05) is 5.16 Å². The third-order valence-electron chi connectivity index (χ3n) is 3.37. The molecule has 1 aliphatic rings. The van der Waals surface area contributed by atoms with E-state index in [0.29, 0.717) is 17.4 Å². The van der Waals surface area contributed by atoms with Crippen molar-refractivity contribution < 1.29 is 8.91 Å². The van der Waals surface area contributed by atoms with E-state index in [2.05, 4.69) is 27.1 Å². The predicted molar refractivity (Wildman–Crippen MR) is 67.0 cm³/mol. The van der Waals surface area contributed by atoms with Gasteiger partial charge in [0.1, 0.15) is 11.5 Å². The standard InChI is InChI=1S/C13H15FN4O/c1-18-6-2-3-9(8-18)13-16-12(17-19-13)11-5-4-10(14)7-15-11/h4-5,7,9H,2-3,6,8H2,1H3. The lowest BCUT2D eigenvalue weighted by Gasteiger charge is -2.27. The molecule has 5 nitrogen and oxygen atoms in total. The minimum atomic E-state index is -0.374. The molecule has 2 aromatic rings. The van der Waals surface area contributed by atoms with E-state index in [1.807, 2.05) is 0 Å². The number of likely N-dealkylation sites (N-methyl/N-ethyl adjacent to an activating group) is 1. The molecular weight excluding hydrogens is 247 g/mol. The summed E-state index contributed by atoms with van der Waals surface area (Å²) in [6.45, 7) is 2.04. The van der Waals surface area contributed by atoms with Crippen LogP contribution in [0.1, 0.15) is 24.7 Å². The number of piperidine rings is 1. The van der Waals surface area contributed by atoms with Gasteiger partial charge in [0.25, 0.3) is 0 Å². The first-order valence-electron chi connectivity index (χ1n) is 6.36. The number of aromatic nitrogens is 3. The van der Waals surface area contributed by atoms with Crippen molar-refractivity contribution in [2.45, 2.75) is 18.8 Å². The summed E-state index contributed by atoms with van der Waals surface area (Å²) in [4.78, 5) is 10.6. The van der Waals surface area contributed by atoms with Gasteiger partial charge in [-0.15, -0.1) is 0 Å². The van der Waals surface area contributed by atoms with Gasteiger partial charge in [-0.2, -0.15) is 4.98 Å². The number of hydrogen-bond acceptors (Lipinski definition) is 5. The average molecular weight is 262 g/mol. The van der Waals surface area contributed by atoms with Gasteiger partial charge in [0, 0.05) is 6.54 Å². The van der Waals surface area contributed by atoms with Crippen molar-refractivity contribution in [3.05, 3.63) is 30.0 Å². The number of nitrogens with zero attached hydrogens (tertiary/aromatic N) is 4. The summed E-state index contributed by atoms with van der Waals surface area (Å²) in [6.07, 6.45) is 3.34. The Morgan fingerprint density at radius 1 is 1.42 bits per heavy atom. The normalized spacial score (nSPS) is 20.6. The third kappa shape index (κ3) is 2.63. The van der Waals surface area contributed by atoms with E-state index >= 15 is 0 Å². The van der Waals surface area contributed by atoms with Crippen molar-refractivity contribution in [3.63, 3.8) is 0 Å². The summed E-state index contributed by atoms with van der Waals surface area (Å²) in [5.41, 5.74) is 0.528. The van der Waals surface area contributed by atoms with Gasteiger partial charge in [-0.3, -0.25) is 0 Å². The van der Waals surface area contributed by atoms with Crippen molar-refractivity contribution in [1.82, 2.24) is 20.0 Å². The Labute approximate surface area is 110 Å². The molecule has 0 bridgehead atoms. The fraction of sp³-hybridized carbons (Fsp3) is 0.462. The summed E-state index contributed by atoms with van der Waals surface area (Å²) in [7, 11) is 2.09. The van der Waals surface area contributed by atoms with Crippen LogP contribution in [0, 0.1) is 5.82 Å². The summed E-state index contributed by atoms with van der Waals surface area (Å²) in [6, 6.07) is 2.89. The van der Waals surface area contributed by atoms with Crippen molar-refractivity contribution in [2.75, 3.05) is 20.1 Å². The van der Waals surface area contributed by atoms with E-state index in [9.17, 15) is 4.39 Å². The fourth-order valence-corrected chi connectivity index (χ4v) is 2.38. The van der Waals surface area contributed by atoms with E-state index < -0.39 is 0 Å². The Morgan fingerprint density at radius 3 is 3.05 bits per heavy atom. The van der Waals surface area contributed by atoms with Crippen LogP contribution in [0.5, 0.6) is 0 Å². The summed E-state index contributed by atoms with van der Waals surface area (Å²) >= 11 is 0. The summed E-state index contributed by atoms with van der Waals surface area (Å²) < 4.78 is 18.1. The molecule has 1 unspecified atom stereocenters. The van der Waals surface area contributed by atoms with Crippen LogP contribution < -0.4 is 0 Å². The molecule has 0 spiro atoms. The van der Waals surface area contributed by atoms with Crippen LogP contribution in [0.3, 0.4) is 0 Å². The quantitative estimate of drug-likeness (QED) is 0.829. The van der Waals surface area contributed by atoms with Crippen LogP contribution in [0.2, 0.25) is 0 Å². The molecule has 6 heteroatoms. The zero-order valence-electron chi connectivity index (χ0n) is 10.7. The monoisotopic (exact) mass is 262 g/mol. The molecule has 0 saturated carbocycles. The highest BCUT2D eigenvalue weighted by molar-refractivity contribution is 5.47. The molecule has 19 heavy (non-hydrogen) atoms. The van der Waals surface area contributed by atoms with Gasteiger partial charge < -0.3 is 9.42 Å². The number of hydrogen-bond donors (Lipinski definition) is 0. The lowest BCUT2D eigenvalue weighted by molar-refractivity contribution is 0.220. The predicted octanol–water partition coefficient (Wildman–Crippen LogP) is 2.08. The highest BCUT2D eigenvalue weighted by Crippen LogP contribution is 2.26. The molecule has 0 aromatic carbocycles. The topological polar surface area (TPSA) is 55.1 Å². The highest BCUT2D eigenvalue weighted by atomic mass is 19.1. The third-order valence-corrected chi connectivity index (χ3v) is 3.37. The Hall–Kier alpha value is -1.82. The summed E-state index contributed by atoms with van der Waals surface area (Å²) in [5, 5.41) is 3.93. The first kappa shape index (κ1) is 12.2. The van der Waals surface area contributed by atoms with Gasteiger partial charge in [-0.05, 0) is 38.6 Å². The van der Waals surface area contributed by atoms with Crippen LogP contribution in [-0.4, -0.2) is 40.2 Å². The lowest BCUT2D eigenvalue weighted by Crippen LogP contribution is -2.30. The Morgan fingerprint density at radius 2 is 2.32 bits per heavy atom. The minimum absolute atomic E-state index is 0.278. The lowest BCUT2D eigenvalue weighted by atomic mass is 9.98. The van der Waals surface area contributed by atoms with Crippen LogP contribution >= 0.6 is 0 Å². The zero-order chi connectivity index (χ0) is 13.2. The maximum absolute atomic E-state index is 12.8. The molecule has 0 N–H and O–H groups in total. The molecular formula is C13H15FN4O. The molecule has 1 fully saturated rings. The molecule has 0 aliphatic carbocycles. The SMILES string of the molecule is CN1CCCC(c2nc(-c3ccc(F)cn3)no2)C1. The van der Waals surface area contributed by atoms with Gasteiger partial charge in [0.15, 0.2) is 0 Å². The van der Waals surface area contributed by atoms with Crippen molar-refractivity contribution >= 4 is 0 Å². The average Bonchev–Trinajstić information content (AvgIpc) is 2.89. The van der Waals surface area contributed by atoms with Gasteiger partial charge >= 0.3 is 0 Å². The number of pyridine rings is 1. The van der Waals surface area contributed by atoms with Crippen molar-refractivity contribution in [2.24, 2.45) is 0 Å². The van der Waals surface area contributed by atoms with E-state index in [1.165, 1.54) is 6.07 Å². The molecule has 100 valence electrons. The highest BCUT2D eigenvalue weighted by Gasteiger charge is 2.24. The Balaban J connectivity index is 1.81. The van der Waals surface area contributed by atoms with Gasteiger partial charge in [-0.25, -0.2) is 9.37 Å². The molecule has 1 saturated heterocycles. The molecule has 3 rings (SSSR count). The molecule has 1 atom stereocenters. The van der Waals surface area contributed by atoms with E-state index in [0.717, 1.165) is 32.1 Å². The Bertz CT molecular complexity index is 554. The van der Waals surface area contributed by atoms with Crippen LogP contribution in [0.15, 0.2) is 22.9 Å². The second kappa shape index (κ2) is 5.05. The van der Waals surface area contributed by atoms with Crippen LogP contribution in [-0.2, 0) is 0 Å². The van der Waals surface area contributed by atoms with E-state index in [4.69, 9.17) is 4.52 Å². The molecule has 2 aromatic heterocycles. The number of rotatable bonds is 2. The molecule has 3 heterocycles. The molecule has 0 radical (unpaired) electrons. The first-order chi connectivity index (χ1) is 9.22. The smallest absolute Gasteiger partial charge is 0.231 e. The summed E-state index contributed by atoms with van der Waals surface area (Å²) in [5.74, 6) is 0.970. The zero-order valence-corrected chi connectivity index (χ0v) is 10.7. The maximum Gasteiger partial charge on any atom is 0.231 e. The fourth-order valence-electron chi connectivity index (χ4n) is 2.38. The number of likely N-dealkylation sites (tertiary alicyclic amines) is 1. The van der Waals surface area contributed by atoms with E-state index in [-0.39, 0.29) is 11.7 Å². The number of halogens is 1. The van der Waals surface area contributed by atoms with Gasteiger partial charge in [0.05, 0.1) is 12.1 Å². The molecule has 1 aliphatic heterocycles. The molecule has 0 amide bonds. The minimum Gasteiger partial charge on any atom is -0.339 e. The second-order valence-corrected chi connectivity index (χ2v) is 4.92. The maximum atomic E-state index is 12.8. The van der Waals surface area contributed by atoms with Crippen LogP contribution in [0.4, 0.5) is 4.39 Å². The van der Waals surface area contributed by atoms with E-state index in [1.54, 1.807) is 6.07 Å². The largest absolute Gasteiger partial charge is 0.339 e. The van der Waals surface area contributed by atoms with Crippen molar-refractivity contribution in [1.29, 1.82) is 0 Å².